The van der Waals surface area contributed by atoms with Crippen molar-refractivity contribution in [1.82, 2.24) is 19.6 Å². The SMILES string of the molecule is O=C(C1CCC1)N1CCN(C(=O)Cn2cccn2)[C@H]2CS(=O)(=O)C[C@H]21. The van der Waals surface area contributed by atoms with E-state index in [4.69, 9.17) is 0 Å². The summed E-state index contributed by atoms with van der Waals surface area (Å²) in [5, 5.41) is 4.04. The minimum Gasteiger partial charge on any atom is -0.335 e. The number of carbonyl (C=O) groups excluding carboxylic acids is 2. The summed E-state index contributed by atoms with van der Waals surface area (Å²) in [6.45, 7) is 0.888. The maximum absolute atomic E-state index is 12.7. The molecule has 2 saturated heterocycles. The lowest BCUT2D eigenvalue weighted by Crippen LogP contribution is -2.63. The normalized spacial score (nSPS) is 28.5. The molecule has 1 aliphatic carbocycles. The molecule has 2 amide bonds. The summed E-state index contributed by atoms with van der Waals surface area (Å²) in [5.41, 5.74) is 0. The van der Waals surface area contributed by atoms with Crippen LogP contribution >= 0.6 is 0 Å². The molecule has 3 heterocycles. The Morgan fingerprint density at radius 2 is 1.76 bits per heavy atom. The van der Waals surface area contributed by atoms with Crippen molar-refractivity contribution in [3.05, 3.63) is 18.5 Å². The molecule has 0 N–H and O–H groups in total. The van der Waals surface area contributed by atoms with E-state index in [1.165, 1.54) is 4.68 Å². The monoisotopic (exact) mass is 366 g/mol. The number of rotatable bonds is 3. The third kappa shape index (κ3) is 3.05. The number of piperazine rings is 1. The van der Waals surface area contributed by atoms with Gasteiger partial charge >= 0.3 is 0 Å². The quantitative estimate of drug-likeness (QED) is 0.720. The number of carbonyl (C=O) groups is 2. The number of hydrogen-bond donors (Lipinski definition) is 0. The average Bonchev–Trinajstić information content (AvgIpc) is 3.09. The molecule has 25 heavy (non-hydrogen) atoms. The number of sulfone groups is 1. The van der Waals surface area contributed by atoms with Crippen LogP contribution in [0.25, 0.3) is 0 Å². The van der Waals surface area contributed by atoms with E-state index in [1.54, 1.807) is 28.3 Å². The smallest absolute Gasteiger partial charge is 0.244 e. The zero-order chi connectivity index (χ0) is 17.6. The third-order valence-electron chi connectivity index (χ3n) is 5.59. The van der Waals surface area contributed by atoms with E-state index in [1.807, 2.05) is 0 Å². The van der Waals surface area contributed by atoms with Crippen LogP contribution < -0.4 is 0 Å². The van der Waals surface area contributed by atoms with Gasteiger partial charge in [0.25, 0.3) is 0 Å². The zero-order valence-electron chi connectivity index (χ0n) is 14.0. The summed E-state index contributed by atoms with van der Waals surface area (Å²) in [5.74, 6) is -0.141. The van der Waals surface area contributed by atoms with Crippen LogP contribution in [0.1, 0.15) is 19.3 Å². The fraction of sp³-hybridized carbons (Fsp3) is 0.688. The first-order valence-corrected chi connectivity index (χ1v) is 10.5. The standard InChI is InChI=1S/C16H22N4O4S/c21-15(9-18-6-2-5-17-18)19-7-8-20(16(22)12-3-1-4-12)14-11-25(23,24)10-13(14)19/h2,5-6,12-14H,1,3-4,7-11H2/t13-,14+/m0/s1. The predicted octanol–water partition coefficient (Wildman–Crippen LogP) is -0.480. The number of nitrogens with zero attached hydrogens (tertiary/aromatic N) is 4. The molecule has 2 aliphatic heterocycles. The van der Waals surface area contributed by atoms with Gasteiger partial charge in [0.2, 0.25) is 11.8 Å². The molecule has 3 fully saturated rings. The number of fused-ring (bicyclic) bond motifs is 1. The summed E-state index contributed by atoms with van der Waals surface area (Å²) < 4.78 is 26.0. The van der Waals surface area contributed by atoms with E-state index in [0.29, 0.717) is 13.1 Å². The molecule has 0 unspecified atom stereocenters. The van der Waals surface area contributed by atoms with Crippen molar-refractivity contribution in [2.45, 2.75) is 37.9 Å². The first-order chi connectivity index (χ1) is 11.9. The van der Waals surface area contributed by atoms with Gasteiger partial charge in [0.1, 0.15) is 6.54 Å². The van der Waals surface area contributed by atoms with Crippen LogP contribution in [0.5, 0.6) is 0 Å². The summed E-state index contributed by atoms with van der Waals surface area (Å²) in [6.07, 6.45) is 6.15. The molecule has 4 rings (SSSR count). The van der Waals surface area contributed by atoms with Gasteiger partial charge < -0.3 is 9.80 Å². The van der Waals surface area contributed by atoms with Gasteiger partial charge in [0.15, 0.2) is 9.84 Å². The molecular formula is C16H22N4O4S. The highest BCUT2D eigenvalue weighted by atomic mass is 32.2. The van der Waals surface area contributed by atoms with Crippen molar-refractivity contribution in [3.63, 3.8) is 0 Å². The highest BCUT2D eigenvalue weighted by Crippen LogP contribution is 2.33. The fourth-order valence-corrected chi connectivity index (χ4v) is 6.03. The average molecular weight is 366 g/mol. The van der Waals surface area contributed by atoms with Crippen LogP contribution in [0.15, 0.2) is 18.5 Å². The second kappa shape index (κ2) is 6.12. The zero-order valence-corrected chi connectivity index (χ0v) is 14.8. The molecular weight excluding hydrogens is 344 g/mol. The maximum Gasteiger partial charge on any atom is 0.244 e. The van der Waals surface area contributed by atoms with E-state index in [2.05, 4.69) is 5.10 Å². The van der Waals surface area contributed by atoms with Crippen LogP contribution in [-0.2, 0) is 26.0 Å². The fourth-order valence-electron chi connectivity index (χ4n) is 4.05. The van der Waals surface area contributed by atoms with Crippen LogP contribution in [-0.4, -0.2) is 76.5 Å². The lowest BCUT2D eigenvalue weighted by atomic mass is 9.83. The van der Waals surface area contributed by atoms with Crippen molar-refractivity contribution < 1.29 is 18.0 Å². The van der Waals surface area contributed by atoms with Gasteiger partial charge in [-0.2, -0.15) is 5.10 Å². The van der Waals surface area contributed by atoms with Gasteiger partial charge in [-0.1, -0.05) is 6.42 Å². The second-order valence-electron chi connectivity index (χ2n) is 7.16. The van der Waals surface area contributed by atoms with E-state index >= 15 is 0 Å². The van der Waals surface area contributed by atoms with E-state index in [0.717, 1.165) is 19.3 Å². The highest BCUT2D eigenvalue weighted by molar-refractivity contribution is 7.91. The molecule has 9 heteroatoms. The molecule has 1 saturated carbocycles. The minimum atomic E-state index is -3.25. The summed E-state index contributed by atoms with van der Waals surface area (Å²) in [6, 6.07) is 0.893. The van der Waals surface area contributed by atoms with Gasteiger partial charge in [0, 0.05) is 31.4 Å². The van der Waals surface area contributed by atoms with E-state index < -0.39 is 21.9 Å². The van der Waals surface area contributed by atoms with Gasteiger partial charge in [-0.25, -0.2) is 8.42 Å². The van der Waals surface area contributed by atoms with Gasteiger partial charge in [-0.3, -0.25) is 14.3 Å². The Hall–Kier alpha value is -1.90. The molecule has 3 aliphatic rings. The number of aromatic nitrogens is 2. The second-order valence-corrected chi connectivity index (χ2v) is 9.32. The predicted molar refractivity (Wildman–Crippen MR) is 89.2 cm³/mol. The molecule has 1 aromatic heterocycles. The molecule has 0 bridgehead atoms. The lowest BCUT2D eigenvalue weighted by Gasteiger charge is -2.45. The van der Waals surface area contributed by atoms with Crippen molar-refractivity contribution >= 4 is 21.7 Å². The van der Waals surface area contributed by atoms with E-state index in [9.17, 15) is 18.0 Å². The molecule has 0 spiro atoms. The molecule has 0 radical (unpaired) electrons. The Kier molecular flexibility index (Phi) is 4.05. The Bertz CT molecular complexity index is 772. The summed E-state index contributed by atoms with van der Waals surface area (Å²) in [7, 11) is -3.25. The Morgan fingerprint density at radius 3 is 2.36 bits per heavy atom. The number of amides is 2. The molecule has 2 atom stereocenters. The minimum absolute atomic E-state index is 0.0373. The van der Waals surface area contributed by atoms with Crippen molar-refractivity contribution in [2.24, 2.45) is 5.92 Å². The Labute approximate surface area is 146 Å². The van der Waals surface area contributed by atoms with Crippen LogP contribution in [0.3, 0.4) is 0 Å². The van der Waals surface area contributed by atoms with Gasteiger partial charge in [-0.05, 0) is 18.9 Å². The first-order valence-electron chi connectivity index (χ1n) is 8.72. The molecule has 136 valence electrons. The first kappa shape index (κ1) is 16.6. The Morgan fingerprint density at radius 1 is 1.08 bits per heavy atom. The summed E-state index contributed by atoms with van der Waals surface area (Å²) in [4.78, 5) is 28.7. The lowest BCUT2D eigenvalue weighted by molar-refractivity contribution is -0.150. The molecule has 0 aromatic carbocycles. The number of hydrogen-bond acceptors (Lipinski definition) is 5. The van der Waals surface area contributed by atoms with Crippen molar-refractivity contribution in [3.8, 4) is 0 Å². The van der Waals surface area contributed by atoms with Crippen LogP contribution in [0.2, 0.25) is 0 Å². The van der Waals surface area contributed by atoms with E-state index in [-0.39, 0.29) is 35.8 Å². The highest BCUT2D eigenvalue weighted by Gasteiger charge is 2.50. The molecule has 1 aromatic rings. The third-order valence-corrected chi connectivity index (χ3v) is 7.29. The maximum atomic E-state index is 12.7. The van der Waals surface area contributed by atoms with Gasteiger partial charge in [0.05, 0.1) is 23.6 Å². The Balaban J connectivity index is 1.54. The van der Waals surface area contributed by atoms with Crippen molar-refractivity contribution in [2.75, 3.05) is 24.6 Å². The largest absolute Gasteiger partial charge is 0.335 e. The van der Waals surface area contributed by atoms with Crippen LogP contribution in [0.4, 0.5) is 0 Å². The summed E-state index contributed by atoms with van der Waals surface area (Å²) >= 11 is 0. The molecule has 8 nitrogen and oxygen atoms in total. The van der Waals surface area contributed by atoms with Crippen LogP contribution in [0, 0.1) is 5.92 Å². The van der Waals surface area contributed by atoms with Gasteiger partial charge in [-0.15, -0.1) is 0 Å². The van der Waals surface area contributed by atoms with Crippen molar-refractivity contribution in [1.29, 1.82) is 0 Å². The topological polar surface area (TPSA) is 92.6 Å².